The summed E-state index contributed by atoms with van der Waals surface area (Å²) in [4.78, 5) is 30.1. The molecule has 0 atom stereocenters. The second-order valence-corrected chi connectivity index (χ2v) is 6.34. The maximum Gasteiger partial charge on any atom is 0.383 e. The number of aryl methyl sites for hydroxylation is 1. The molecular weight excluding hydrogens is 424 g/mol. The van der Waals surface area contributed by atoms with Gasteiger partial charge in [0.15, 0.2) is 5.75 Å². The van der Waals surface area contributed by atoms with E-state index in [4.69, 9.17) is 24.6 Å². The largest absolute Gasteiger partial charge is 0.497 e. The number of aliphatic hydroxyl groups is 2. The van der Waals surface area contributed by atoms with Crippen molar-refractivity contribution in [2.45, 2.75) is 19.8 Å². The maximum atomic E-state index is 11.5. The molecule has 2 N–H and O–H groups in total. The molecule has 2 rings (SSSR count). The summed E-state index contributed by atoms with van der Waals surface area (Å²) < 4.78 is 5.28. The lowest BCUT2D eigenvalue weighted by molar-refractivity contribution is -0.209. The Morgan fingerprint density at radius 2 is 1.58 bits per heavy atom. The molecule has 0 aliphatic heterocycles. The summed E-state index contributed by atoms with van der Waals surface area (Å²) >= 11 is 0. The van der Waals surface area contributed by atoms with Gasteiger partial charge in [-0.05, 0) is 48.6 Å². The highest BCUT2D eigenvalue weighted by Crippen LogP contribution is 2.30. The Morgan fingerprint density at radius 1 is 1.00 bits per heavy atom. The van der Waals surface area contributed by atoms with Crippen LogP contribution < -0.4 is 9.62 Å². The minimum Gasteiger partial charge on any atom is -0.497 e. The molecule has 0 radical (unpaired) electrons. The van der Waals surface area contributed by atoms with Gasteiger partial charge in [-0.3, -0.25) is 4.89 Å². The third-order valence-corrected chi connectivity index (χ3v) is 3.86. The highest BCUT2D eigenvalue weighted by Gasteiger charge is 2.11. The number of allylic oxidation sites excluding steroid dienone is 1. The number of carbonyl (C=O) groups excluding carboxylic acids is 2. The number of hydrogen-bond donors (Lipinski definition) is 2. The van der Waals surface area contributed by atoms with E-state index < -0.39 is 12.6 Å². The predicted octanol–water partition coefficient (Wildman–Crippen LogP) is 4.24. The van der Waals surface area contributed by atoms with Crippen LogP contribution in [0.5, 0.6) is 11.5 Å². The van der Waals surface area contributed by atoms with Crippen LogP contribution in [0.15, 0.2) is 79.9 Å². The summed E-state index contributed by atoms with van der Waals surface area (Å²) in [6.45, 7) is 11.4. The van der Waals surface area contributed by atoms with Crippen molar-refractivity contribution in [3.63, 3.8) is 0 Å². The lowest BCUT2D eigenvalue weighted by Crippen LogP contribution is -2.12. The van der Waals surface area contributed by atoms with Crippen LogP contribution >= 0.6 is 0 Å². The van der Waals surface area contributed by atoms with E-state index in [1.165, 1.54) is 18.6 Å². The Hall–Kier alpha value is -3.68. The predicted molar refractivity (Wildman–Crippen MR) is 129 cm³/mol. The Bertz CT molecular complexity index is 886. The SMILES string of the molecule is C=CCCc1ccc(-c2cc(OC)cc(OOC(=O)C(=C)CO)c2)cc1.C=CCO.CC=O. The highest BCUT2D eigenvalue weighted by molar-refractivity contribution is 5.87. The summed E-state index contributed by atoms with van der Waals surface area (Å²) in [6.07, 6.45) is 5.95. The zero-order chi connectivity index (χ0) is 25.1. The van der Waals surface area contributed by atoms with E-state index in [9.17, 15) is 4.79 Å². The lowest BCUT2D eigenvalue weighted by Gasteiger charge is -2.10. The topological polar surface area (TPSA) is 102 Å². The van der Waals surface area contributed by atoms with Gasteiger partial charge < -0.3 is 19.7 Å². The van der Waals surface area contributed by atoms with Crippen molar-refractivity contribution in [3.8, 4) is 22.6 Å². The van der Waals surface area contributed by atoms with Crippen LogP contribution in [0.3, 0.4) is 0 Å². The molecule has 0 amide bonds. The zero-order valence-corrected chi connectivity index (χ0v) is 19.2. The van der Waals surface area contributed by atoms with Crippen molar-refractivity contribution in [1.29, 1.82) is 0 Å². The van der Waals surface area contributed by atoms with E-state index in [-0.39, 0.29) is 12.2 Å². The molecule has 7 heteroatoms. The van der Waals surface area contributed by atoms with Gasteiger partial charge in [-0.2, -0.15) is 0 Å². The third kappa shape index (κ3) is 12.1. The van der Waals surface area contributed by atoms with Gasteiger partial charge >= 0.3 is 5.97 Å². The first-order chi connectivity index (χ1) is 15.9. The fourth-order valence-electron chi connectivity index (χ4n) is 2.25. The van der Waals surface area contributed by atoms with Gasteiger partial charge in [0, 0.05) is 6.07 Å². The van der Waals surface area contributed by atoms with Crippen LogP contribution in [0, 0.1) is 0 Å². The number of ether oxygens (including phenoxy) is 1. The maximum absolute atomic E-state index is 11.5. The van der Waals surface area contributed by atoms with E-state index in [1.54, 1.807) is 19.2 Å². The number of aldehydes is 1. The second-order valence-electron chi connectivity index (χ2n) is 6.34. The summed E-state index contributed by atoms with van der Waals surface area (Å²) in [5.74, 6) is 0.0304. The van der Waals surface area contributed by atoms with Crippen LogP contribution in [0.25, 0.3) is 11.1 Å². The molecule has 2 aromatic rings. The first-order valence-electron chi connectivity index (χ1n) is 10.1. The molecule has 33 heavy (non-hydrogen) atoms. The summed E-state index contributed by atoms with van der Waals surface area (Å²) in [5.41, 5.74) is 2.96. The number of aliphatic hydroxyl groups excluding tert-OH is 2. The van der Waals surface area contributed by atoms with Crippen LogP contribution in [0.2, 0.25) is 0 Å². The average molecular weight is 457 g/mol. The van der Waals surface area contributed by atoms with Crippen LogP contribution in [-0.4, -0.2) is 42.8 Å². The van der Waals surface area contributed by atoms with Gasteiger partial charge in [-0.1, -0.05) is 43.0 Å². The van der Waals surface area contributed by atoms with Crippen molar-refractivity contribution in [3.05, 3.63) is 85.5 Å². The fraction of sp³-hybridized carbons (Fsp3) is 0.231. The molecule has 0 heterocycles. The fourth-order valence-corrected chi connectivity index (χ4v) is 2.25. The van der Waals surface area contributed by atoms with Gasteiger partial charge in [0.05, 0.1) is 25.9 Å². The Balaban J connectivity index is 0.00000129. The molecule has 0 fully saturated rings. The molecular formula is C26H32O7. The van der Waals surface area contributed by atoms with E-state index >= 15 is 0 Å². The van der Waals surface area contributed by atoms with E-state index in [1.807, 2.05) is 24.3 Å². The molecule has 0 aromatic heterocycles. The van der Waals surface area contributed by atoms with E-state index in [0.29, 0.717) is 11.5 Å². The monoisotopic (exact) mass is 456 g/mol. The molecule has 0 spiro atoms. The molecule has 0 saturated heterocycles. The molecule has 0 bridgehead atoms. The van der Waals surface area contributed by atoms with Gasteiger partial charge in [-0.15, -0.1) is 13.2 Å². The van der Waals surface area contributed by atoms with E-state index in [2.05, 4.69) is 36.8 Å². The summed E-state index contributed by atoms with van der Waals surface area (Å²) in [5, 5.41) is 16.6. The molecule has 178 valence electrons. The number of hydrogen-bond acceptors (Lipinski definition) is 7. The minimum atomic E-state index is -0.830. The Kier molecular flexibility index (Phi) is 15.9. The van der Waals surface area contributed by atoms with Crippen molar-refractivity contribution in [2.24, 2.45) is 0 Å². The lowest BCUT2D eigenvalue weighted by atomic mass is 10.0. The highest BCUT2D eigenvalue weighted by atomic mass is 17.2. The van der Waals surface area contributed by atoms with Gasteiger partial charge in [0.2, 0.25) is 0 Å². The average Bonchev–Trinajstić information content (AvgIpc) is 2.86. The summed E-state index contributed by atoms with van der Waals surface area (Å²) in [7, 11) is 1.54. The Labute approximate surface area is 195 Å². The van der Waals surface area contributed by atoms with Gasteiger partial charge in [-0.25, -0.2) is 9.68 Å². The molecule has 0 aliphatic rings. The van der Waals surface area contributed by atoms with Crippen LogP contribution in [0.1, 0.15) is 18.9 Å². The van der Waals surface area contributed by atoms with Crippen molar-refractivity contribution in [1.82, 2.24) is 0 Å². The number of methoxy groups -OCH3 is 1. The van der Waals surface area contributed by atoms with Crippen molar-refractivity contribution in [2.75, 3.05) is 20.3 Å². The molecule has 0 saturated carbocycles. The first kappa shape index (κ1) is 29.3. The van der Waals surface area contributed by atoms with Gasteiger partial charge in [0.25, 0.3) is 0 Å². The summed E-state index contributed by atoms with van der Waals surface area (Å²) in [6, 6.07) is 13.3. The number of carbonyl (C=O) groups is 2. The molecule has 0 unspecified atom stereocenters. The zero-order valence-electron chi connectivity index (χ0n) is 19.2. The second kappa shape index (κ2) is 17.9. The van der Waals surface area contributed by atoms with Crippen molar-refractivity contribution < 1.29 is 34.3 Å². The number of benzene rings is 2. The van der Waals surface area contributed by atoms with Gasteiger partial charge in [0.1, 0.15) is 12.0 Å². The Morgan fingerprint density at radius 3 is 2.06 bits per heavy atom. The third-order valence-electron chi connectivity index (χ3n) is 3.86. The van der Waals surface area contributed by atoms with Crippen molar-refractivity contribution >= 4 is 12.3 Å². The quantitative estimate of drug-likeness (QED) is 0.181. The van der Waals surface area contributed by atoms with Crippen LogP contribution in [-0.2, 0) is 20.9 Å². The normalized spacial score (nSPS) is 9.09. The number of rotatable bonds is 10. The molecule has 2 aromatic carbocycles. The first-order valence-corrected chi connectivity index (χ1v) is 10.1. The minimum absolute atomic E-state index is 0.0833. The van der Waals surface area contributed by atoms with Crippen LogP contribution in [0.4, 0.5) is 0 Å². The molecule has 0 aliphatic carbocycles. The molecule has 7 nitrogen and oxygen atoms in total. The van der Waals surface area contributed by atoms with E-state index in [0.717, 1.165) is 30.3 Å². The smallest absolute Gasteiger partial charge is 0.383 e. The standard InChI is InChI=1S/C21H22O5.C3H6O.C2H4O/c1-4-5-6-16-7-9-17(10-8-16)18-11-19(24-3)13-20(12-18)25-26-21(23)15(2)14-22;1-2-3-4;1-2-3/h4,7-13,22H,1-2,5-6,14H2,3H3;2,4H,1,3H2;2H,1H3.